The zero-order valence-electron chi connectivity index (χ0n) is 16.0. The SMILES string of the molecule is Cc1ccc(-c2nc(CS(=O)(=O)c3ccc(Cl)cc3)c(N3CCOCC3)o2)cc1. The van der Waals surface area contributed by atoms with Crippen molar-refractivity contribution in [3.05, 3.63) is 64.8 Å². The molecule has 3 aromatic rings. The van der Waals surface area contributed by atoms with Crippen LogP contribution in [-0.4, -0.2) is 39.7 Å². The van der Waals surface area contributed by atoms with Crippen LogP contribution in [0.4, 0.5) is 5.88 Å². The molecule has 2 heterocycles. The minimum absolute atomic E-state index is 0.203. The van der Waals surface area contributed by atoms with Crippen molar-refractivity contribution in [1.29, 1.82) is 0 Å². The van der Waals surface area contributed by atoms with Gasteiger partial charge in [0.1, 0.15) is 11.4 Å². The minimum atomic E-state index is -3.61. The van der Waals surface area contributed by atoms with Gasteiger partial charge in [0.15, 0.2) is 9.84 Å². The molecule has 0 radical (unpaired) electrons. The number of hydrogen-bond donors (Lipinski definition) is 0. The van der Waals surface area contributed by atoms with E-state index in [2.05, 4.69) is 4.98 Å². The zero-order valence-corrected chi connectivity index (χ0v) is 17.5. The van der Waals surface area contributed by atoms with Gasteiger partial charge in [0.05, 0.1) is 18.1 Å². The van der Waals surface area contributed by atoms with Crippen molar-refractivity contribution in [2.75, 3.05) is 31.2 Å². The Morgan fingerprint density at radius 1 is 1.03 bits per heavy atom. The van der Waals surface area contributed by atoms with Crippen LogP contribution in [0.15, 0.2) is 57.8 Å². The first kappa shape index (κ1) is 19.9. The summed E-state index contributed by atoms with van der Waals surface area (Å²) in [6, 6.07) is 13.9. The summed E-state index contributed by atoms with van der Waals surface area (Å²) in [6.45, 7) is 4.36. The van der Waals surface area contributed by atoms with E-state index in [4.69, 9.17) is 20.8 Å². The van der Waals surface area contributed by atoms with Crippen LogP contribution >= 0.6 is 11.6 Å². The number of sulfone groups is 1. The molecule has 29 heavy (non-hydrogen) atoms. The number of aromatic nitrogens is 1. The quantitative estimate of drug-likeness (QED) is 0.604. The summed E-state index contributed by atoms with van der Waals surface area (Å²) in [5.74, 6) is 0.644. The third kappa shape index (κ3) is 4.47. The summed E-state index contributed by atoms with van der Waals surface area (Å²) < 4.78 is 37.4. The van der Waals surface area contributed by atoms with E-state index in [0.29, 0.717) is 48.8 Å². The van der Waals surface area contributed by atoms with Crippen LogP contribution in [0.1, 0.15) is 11.3 Å². The first-order chi connectivity index (χ1) is 13.9. The van der Waals surface area contributed by atoms with Crippen molar-refractivity contribution < 1.29 is 17.6 Å². The average Bonchev–Trinajstić information content (AvgIpc) is 3.12. The molecule has 1 aliphatic rings. The van der Waals surface area contributed by atoms with Gasteiger partial charge in [-0.25, -0.2) is 13.4 Å². The fraction of sp³-hybridized carbons (Fsp3) is 0.286. The molecule has 2 aromatic carbocycles. The van der Waals surface area contributed by atoms with Crippen molar-refractivity contribution in [3.8, 4) is 11.5 Å². The van der Waals surface area contributed by atoms with Gasteiger partial charge in [-0.15, -0.1) is 0 Å². The number of nitrogens with zero attached hydrogens (tertiary/aromatic N) is 2. The molecule has 0 bridgehead atoms. The highest BCUT2D eigenvalue weighted by atomic mass is 35.5. The number of halogens is 1. The van der Waals surface area contributed by atoms with Gasteiger partial charge in [-0.3, -0.25) is 0 Å². The topological polar surface area (TPSA) is 72.6 Å². The van der Waals surface area contributed by atoms with Gasteiger partial charge in [-0.2, -0.15) is 0 Å². The highest BCUT2D eigenvalue weighted by Gasteiger charge is 2.27. The maximum absolute atomic E-state index is 13.0. The van der Waals surface area contributed by atoms with Crippen molar-refractivity contribution in [3.63, 3.8) is 0 Å². The third-order valence-electron chi connectivity index (χ3n) is 4.77. The zero-order chi connectivity index (χ0) is 20.4. The lowest BCUT2D eigenvalue weighted by molar-refractivity contribution is 0.120. The summed E-state index contributed by atoms with van der Waals surface area (Å²) >= 11 is 5.89. The van der Waals surface area contributed by atoms with Crippen molar-refractivity contribution in [2.45, 2.75) is 17.6 Å². The standard InChI is InChI=1S/C21H21ClN2O4S/c1-15-2-4-16(5-3-15)20-23-19(21(28-20)24-10-12-27-13-11-24)14-29(25,26)18-8-6-17(22)7-9-18/h2-9H,10-14H2,1H3. The van der Waals surface area contributed by atoms with Gasteiger partial charge in [0, 0.05) is 23.7 Å². The van der Waals surface area contributed by atoms with Gasteiger partial charge >= 0.3 is 0 Å². The fourth-order valence-corrected chi connectivity index (χ4v) is 4.57. The molecule has 1 aliphatic heterocycles. The highest BCUT2D eigenvalue weighted by Crippen LogP contribution is 2.31. The number of hydrogen-bond acceptors (Lipinski definition) is 6. The summed E-state index contributed by atoms with van der Waals surface area (Å²) in [6.07, 6.45) is 0. The molecular formula is C21H21ClN2O4S. The van der Waals surface area contributed by atoms with Crippen molar-refractivity contribution >= 4 is 27.3 Å². The van der Waals surface area contributed by atoms with Crippen LogP contribution in [0.3, 0.4) is 0 Å². The van der Waals surface area contributed by atoms with E-state index in [1.54, 1.807) is 12.1 Å². The van der Waals surface area contributed by atoms with Crippen LogP contribution in [0, 0.1) is 6.92 Å². The van der Waals surface area contributed by atoms with E-state index < -0.39 is 9.84 Å². The van der Waals surface area contributed by atoms with Crippen LogP contribution in [0.25, 0.3) is 11.5 Å². The molecule has 6 nitrogen and oxygen atoms in total. The molecule has 4 rings (SSSR count). The summed E-state index contributed by atoms with van der Waals surface area (Å²) in [4.78, 5) is 6.75. The number of morpholine rings is 1. The second-order valence-electron chi connectivity index (χ2n) is 6.95. The van der Waals surface area contributed by atoms with Crippen molar-refractivity contribution in [1.82, 2.24) is 4.98 Å². The van der Waals surface area contributed by atoms with E-state index in [1.807, 2.05) is 36.1 Å². The highest BCUT2D eigenvalue weighted by molar-refractivity contribution is 7.90. The molecule has 152 valence electrons. The van der Waals surface area contributed by atoms with Crippen LogP contribution in [-0.2, 0) is 20.3 Å². The number of anilines is 1. The maximum atomic E-state index is 13.0. The van der Waals surface area contributed by atoms with E-state index in [-0.39, 0.29) is 10.6 Å². The lowest BCUT2D eigenvalue weighted by Gasteiger charge is -2.26. The molecule has 0 spiro atoms. The summed E-state index contributed by atoms with van der Waals surface area (Å²) in [7, 11) is -3.61. The molecule has 8 heteroatoms. The van der Waals surface area contributed by atoms with Gasteiger partial charge in [-0.1, -0.05) is 29.3 Å². The molecule has 0 amide bonds. The predicted octanol–water partition coefficient (Wildman–Crippen LogP) is 4.11. The van der Waals surface area contributed by atoms with Crippen LogP contribution in [0.5, 0.6) is 0 Å². The Hall–Kier alpha value is -2.35. The Morgan fingerprint density at radius 2 is 1.69 bits per heavy atom. The molecule has 0 aliphatic carbocycles. The molecule has 1 fully saturated rings. The molecule has 0 unspecified atom stereocenters. The monoisotopic (exact) mass is 432 g/mol. The number of benzene rings is 2. The molecule has 0 N–H and O–H groups in total. The van der Waals surface area contributed by atoms with E-state index in [0.717, 1.165) is 11.1 Å². The second-order valence-corrected chi connectivity index (χ2v) is 9.38. The van der Waals surface area contributed by atoms with E-state index >= 15 is 0 Å². The predicted molar refractivity (Wildman–Crippen MR) is 112 cm³/mol. The van der Waals surface area contributed by atoms with Gasteiger partial charge < -0.3 is 14.1 Å². The van der Waals surface area contributed by atoms with Gasteiger partial charge in [-0.05, 0) is 43.3 Å². The summed E-state index contributed by atoms with van der Waals surface area (Å²) in [5.41, 5.74) is 2.33. The van der Waals surface area contributed by atoms with Crippen molar-refractivity contribution in [2.24, 2.45) is 0 Å². The molecule has 1 aromatic heterocycles. The minimum Gasteiger partial charge on any atom is -0.420 e. The van der Waals surface area contributed by atoms with E-state index in [9.17, 15) is 8.42 Å². The Bertz CT molecular complexity index is 1090. The maximum Gasteiger partial charge on any atom is 0.229 e. The fourth-order valence-electron chi connectivity index (χ4n) is 3.18. The number of aryl methyl sites for hydroxylation is 1. The smallest absolute Gasteiger partial charge is 0.229 e. The Labute approximate surface area is 175 Å². The number of rotatable bonds is 5. The van der Waals surface area contributed by atoms with Gasteiger partial charge in [0.2, 0.25) is 11.8 Å². The Kier molecular flexibility index (Phi) is 5.63. The Morgan fingerprint density at radius 3 is 2.34 bits per heavy atom. The average molecular weight is 433 g/mol. The number of oxazole rings is 1. The molecule has 1 saturated heterocycles. The largest absolute Gasteiger partial charge is 0.420 e. The van der Waals surface area contributed by atoms with Crippen LogP contribution in [0.2, 0.25) is 5.02 Å². The lowest BCUT2D eigenvalue weighted by Crippen LogP contribution is -2.36. The second kappa shape index (κ2) is 8.18. The third-order valence-corrected chi connectivity index (χ3v) is 6.67. The molecule has 0 atom stereocenters. The van der Waals surface area contributed by atoms with E-state index in [1.165, 1.54) is 12.1 Å². The normalized spacial score (nSPS) is 14.9. The summed E-state index contributed by atoms with van der Waals surface area (Å²) in [5, 5.41) is 0.487. The molecular weight excluding hydrogens is 412 g/mol. The molecule has 0 saturated carbocycles. The first-order valence-corrected chi connectivity index (χ1v) is 11.3. The van der Waals surface area contributed by atoms with Crippen LogP contribution < -0.4 is 4.90 Å². The lowest BCUT2D eigenvalue weighted by atomic mass is 10.1. The Balaban J connectivity index is 1.72. The van der Waals surface area contributed by atoms with Gasteiger partial charge in [0.25, 0.3) is 0 Å². The number of ether oxygens (including phenoxy) is 1. The first-order valence-electron chi connectivity index (χ1n) is 9.30.